The summed E-state index contributed by atoms with van der Waals surface area (Å²) in [5.41, 5.74) is 4.74. The Balaban J connectivity index is 2.02. The molecule has 0 aliphatic heterocycles. The van der Waals surface area contributed by atoms with Crippen LogP contribution in [0.3, 0.4) is 0 Å². The van der Waals surface area contributed by atoms with Gasteiger partial charge in [-0.15, -0.1) is 5.10 Å². The fourth-order valence-electron chi connectivity index (χ4n) is 5.35. The zero-order valence-electron chi connectivity index (χ0n) is 23.1. The first-order chi connectivity index (χ1) is 17.3. The predicted molar refractivity (Wildman–Crippen MR) is 152 cm³/mol. The second-order valence-corrected chi connectivity index (χ2v) is 12.9. The van der Waals surface area contributed by atoms with E-state index in [1.165, 1.54) is 5.56 Å². The summed E-state index contributed by atoms with van der Waals surface area (Å²) in [5.74, 6) is 0.281. The van der Waals surface area contributed by atoms with Gasteiger partial charge in [-0.2, -0.15) is 0 Å². The molecule has 1 aromatic heterocycles. The maximum Gasteiger partial charge on any atom is 0.122 e. The molecular formula is C31H40ClN3O2. The lowest BCUT2D eigenvalue weighted by Gasteiger charge is -2.41. The van der Waals surface area contributed by atoms with Crippen LogP contribution in [0.25, 0.3) is 11.0 Å². The van der Waals surface area contributed by atoms with E-state index in [1.807, 2.05) is 24.3 Å². The van der Waals surface area contributed by atoms with Crippen molar-refractivity contribution in [3.05, 3.63) is 75.3 Å². The van der Waals surface area contributed by atoms with Crippen molar-refractivity contribution in [3.63, 3.8) is 0 Å². The molecule has 2 aromatic carbocycles. The fourth-order valence-corrected chi connectivity index (χ4v) is 5.68. The first-order valence-corrected chi connectivity index (χ1v) is 13.6. The lowest BCUT2D eigenvalue weighted by atomic mass is 9.65. The summed E-state index contributed by atoms with van der Waals surface area (Å²) in [4.78, 5) is 0. The first kappa shape index (κ1) is 27.4. The van der Waals surface area contributed by atoms with Crippen LogP contribution in [-0.4, -0.2) is 31.7 Å². The van der Waals surface area contributed by atoms with Gasteiger partial charge in [-0.3, -0.25) is 5.10 Å². The SMILES string of the molecule is CCCCc1cc(CC2(c3c(Cl)ccc4[nH]nnc34)C=C(C(C)(C)C)C=CC2O)c(O)c(C(C)(C)C)c1. The van der Waals surface area contributed by atoms with Gasteiger partial charge in [-0.1, -0.05) is 102 Å². The summed E-state index contributed by atoms with van der Waals surface area (Å²) in [6, 6.07) is 7.93. The van der Waals surface area contributed by atoms with E-state index in [-0.39, 0.29) is 16.6 Å². The molecule has 2 atom stereocenters. The third-order valence-electron chi connectivity index (χ3n) is 7.54. The Morgan fingerprint density at radius 3 is 2.46 bits per heavy atom. The minimum Gasteiger partial charge on any atom is -0.507 e. The van der Waals surface area contributed by atoms with E-state index in [9.17, 15) is 10.2 Å². The highest BCUT2D eigenvalue weighted by Gasteiger charge is 2.44. The third-order valence-corrected chi connectivity index (χ3v) is 7.85. The number of hydrogen-bond acceptors (Lipinski definition) is 4. The molecule has 3 N–H and O–H groups in total. The Labute approximate surface area is 225 Å². The number of phenolic OH excluding ortho intramolecular Hbond substituents is 1. The quantitative estimate of drug-likeness (QED) is 0.317. The summed E-state index contributed by atoms with van der Waals surface area (Å²) < 4.78 is 0. The van der Waals surface area contributed by atoms with Crippen LogP contribution in [0.4, 0.5) is 0 Å². The van der Waals surface area contributed by atoms with E-state index in [0.29, 0.717) is 17.0 Å². The molecule has 0 spiro atoms. The van der Waals surface area contributed by atoms with Gasteiger partial charge in [-0.05, 0) is 64.5 Å². The number of benzene rings is 2. The number of halogens is 1. The molecule has 1 aliphatic carbocycles. The van der Waals surface area contributed by atoms with Gasteiger partial charge in [0.05, 0.1) is 17.0 Å². The number of allylic oxidation sites excluding steroid dienone is 2. The van der Waals surface area contributed by atoms with Crippen LogP contribution < -0.4 is 0 Å². The zero-order chi connectivity index (χ0) is 27.2. The summed E-state index contributed by atoms with van der Waals surface area (Å²) >= 11 is 6.91. The van der Waals surface area contributed by atoms with Crippen LogP contribution in [0.5, 0.6) is 5.75 Å². The number of nitrogens with zero attached hydrogens (tertiary/aromatic N) is 2. The highest BCUT2D eigenvalue weighted by Crippen LogP contribution is 2.48. The molecule has 0 bridgehead atoms. The predicted octanol–water partition coefficient (Wildman–Crippen LogP) is 7.34. The van der Waals surface area contributed by atoms with Gasteiger partial charge in [0.15, 0.2) is 0 Å². The number of rotatable bonds is 6. The van der Waals surface area contributed by atoms with Gasteiger partial charge in [0.2, 0.25) is 0 Å². The zero-order valence-corrected chi connectivity index (χ0v) is 23.9. The Morgan fingerprint density at radius 2 is 1.81 bits per heavy atom. The van der Waals surface area contributed by atoms with Crippen molar-refractivity contribution in [1.82, 2.24) is 15.4 Å². The van der Waals surface area contributed by atoms with Gasteiger partial charge in [0, 0.05) is 10.6 Å². The molecular weight excluding hydrogens is 482 g/mol. The maximum atomic E-state index is 11.7. The van der Waals surface area contributed by atoms with Gasteiger partial charge >= 0.3 is 0 Å². The molecule has 1 aliphatic rings. The van der Waals surface area contributed by atoms with E-state index >= 15 is 0 Å². The van der Waals surface area contributed by atoms with Crippen LogP contribution in [0.15, 0.2) is 48.1 Å². The van der Waals surface area contributed by atoms with E-state index in [4.69, 9.17) is 11.6 Å². The molecule has 0 radical (unpaired) electrons. The molecule has 1 heterocycles. The van der Waals surface area contributed by atoms with Gasteiger partial charge in [-0.25, -0.2) is 0 Å². The maximum absolute atomic E-state index is 11.7. The normalized spacial score (nSPS) is 20.5. The van der Waals surface area contributed by atoms with Crippen LogP contribution >= 0.6 is 11.6 Å². The largest absolute Gasteiger partial charge is 0.507 e. The number of phenols is 1. The highest BCUT2D eigenvalue weighted by atomic mass is 35.5. The summed E-state index contributed by atoms with van der Waals surface area (Å²) in [6.45, 7) is 15.0. The minimum absolute atomic E-state index is 0.159. The molecule has 0 saturated carbocycles. The second-order valence-electron chi connectivity index (χ2n) is 12.5. The Morgan fingerprint density at radius 1 is 1.08 bits per heavy atom. The van der Waals surface area contributed by atoms with Crippen LogP contribution in [0.2, 0.25) is 5.02 Å². The fraction of sp³-hybridized carbons (Fsp3) is 0.484. The molecule has 3 aromatic rings. The topological polar surface area (TPSA) is 82.0 Å². The molecule has 0 fully saturated rings. The smallest absolute Gasteiger partial charge is 0.122 e. The van der Waals surface area contributed by atoms with Crippen LogP contribution in [0.1, 0.15) is 83.6 Å². The van der Waals surface area contributed by atoms with E-state index in [0.717, 1.165) is 47.0 Å². The number of H-pyrrole nitrogens is 1. The van der Waals surface area contributed by atoms with E-state index in [2.05, 4.69) is 82.1 Å². The molecule has 0 amide bonds. The average Bonchev–Trinajstić information content (AvgIpc) is 3.28. The van der Waals surface area contributed by atoms with Crippen molar-refractivity contribution in [3.8, 4) is 5.75 Å². The van der Waals surface area contributed by atoms with E-state index in [1.54, 1.807) is 0 Å². The second kappa shape index (κ2) is 9.92. The lowest BCUT2D eigenvalue weighted by Crippen LogP contribution is -2.42. The van der Waals surface area contributed by atoms with Crippen molar-refractivity contribution in [2.75, 3.05) is 0 Å². The van der Waals surface area contributed by atoms with Crippen molar-refractivity contribution in [1.29, 1.82) is 0 Å². The van der Waals surface area contributed by atoms with Crippen molar-refractivity contribution in [2.24, 2.45) is 5.41 Å². The number of hydrogen-bond donors (Lipinski definition) is 3. The van der Waals surface area contributed by atoms with E-state index < -0.39 is 11.5 Å². The summed E-state index contributed by atoms with van der Waals surface area (Å²) in [6.07, 6.45) is 8.57. The third kappa shape index (κ3) is 5.21. The van der Waals surface area contributed by atoms with Gasteiger partial charge in [0.1, 0.15) is 11.3 Å². The highest BCUT2D eigenvalue weighted by molar-refractivity contribution is 6.32. The molecule has 0 saturated heterocycles. The summed E-state index contributed by atoms with van der Waals surface area (Å²) in [5, 5.41) is 35.3. The van der Waals surface area contributed by atoms with Crippen molar-refractivity contribution in [2.45, 2.75) is 91.1 Å². The lowest BCUT2D eigenvalue weighted by molar-refractivity contribution is 0.146. The van der Waals surface area contributed by atoms with Gasteiger partial charge in [0.25, 0.3) is 0 Å². The molecule has 198 valence electrons. The monoisotopic (exact) mass is 521 g/mol. The number of aryl methyl sites for hydroxylation is 1. The Bertz CT molecular complexity index is 1360. The first-order valence-electron chi connectivity index (χ1n) is 13.2. The number of unbranched alkanes of at least 4 members (excludes halogenated alkanes) is 1. The number of aliphatic hydroxyl groups is 1. The number of aromatic nitrogens is 3. The van der Waals surface area contributed by atoms with Crippen LogP contribution in [0, 0.1) is 5.41 Å². The Kier molecular flexibility index (Phi) is 7.35. The minimum atomic E-state index is -0.957. The van der Waals surface area contributed by atoms with Crippen molar-refractivity contribution >= 4 is 22.6 Å². The summed E-state index contributed by atoms with van der Waals surface area (Å²) in [7, 11) is 0. The van der Waals surface area contributed by atoms with Crippen LogP contribution in [-0.2, 0) is 23.7 Å². The number of aromatic hydroxyl groups is 1. The molecule has 2 unspecified atom stereocenters. The molecule has 5 nitrogen and oxygen atoms in total. The molecule has 4 rings (SSSR count). The average molecular weight is 522 g/mol. The molecule has 6 heteroatoms. The number of aliphatic hydroxyl groups excluding tert-OH is 1. The molecule has 37 heavy (non-hydrogen) atoms. The number of fused-ring (bicyclic) bond motifs is 1. The Hall–Kier alpha value is -2.63. The standard InChI is InChI=1S/C31H40ClN3O2/c1-8-9-10-19-15-20(28(37)22(16-19)30(5,6)7)17-31(18-21(29(2,3)4)11-14-25(31)36)26-23(32)12-13-24-27(26)34-35-33-24/h11-16,18,25,36-37H,8-10,17H2,1-7H3,(H,33,34,35). The van der Waals surface area contributed by atoms with Crippen molar-refractivity contribution < 1.29 is 10.2 Å². The van der Waals surface area contributed by atoms with Gasteiger partial charge < -0.3 is 10.2 Å². The number of nitrogens with one attached hydrogen (secondary N) is 1. The number of aromatic amines is 1.